The van der Waals surface area contributed by atoms with E-state index in [4.69, 9.17) is 8.53 Å². The zero-order valence-electron chi connectivity index (χ0n) is 22.2. The predicted molar refractivity (Wildman–Crippen MR) is 126 cm³/mol. The molecule has 1 aliphatic rings. The summed E-state index contributed by atoms with van der Waals surface area (Å²) in [7, 11) is 0. The molecule has 2 heterocycles. The van der Waals surface area contributed by atoms with Crippen LogP contribution in [-0.4, -0.2) is 4.98 Å². The molecule has 0 N–H and O–H groups in total. The van der Waals surface area contributed by atoms with E-state index < -0.39 is 12.7 Å². The summed E-state index contributed by atoms with van der Waals surface area (Å²) in [6.45, 7) is 6.39. The Labute approximate surface area is 184 Å². The number of aryl methyl sites for hydroxylation is 1. The topological polar surface area (TPSA) is 26.0 Å². The van der Waals surface area contributed by atoms with E-state index >= 15 is 0 Å². The molecular formula is C28H31NO. The first-order chi connectivity index (χ1) is 15.8. The van der Waals surface area contributed by atoms with Gasteiger partial charge in [-0.15, -0.1) is 0 Å². The smallest absolute Gasteiger partial charge is 0.144 e. The summed E-state index contributed by atoms with van der Waals surface area (Å²) in [6.07, 6.45) is 3.67. The summed E-state index contributed by atoms with van der Waals surface area (Å²) in [5.74, 6) is -1.02. The molecule has 0 aliphatic heterocycles. The lowest BCUT2D eigenvalue weighted by Gasteiger charge is -2.45. The van der Waals surface area contributed by atoms with Gasteiger partial charge in [0.25, 0.3) is 0 Å². The van der Waals surface area contributed by atoms with Crippen molar-refractivity contribution in [2.75, 3.05) is 0 Å². The number of benzene rings is 2. The van der Waals surface area contributed by atoms with Crippen molar-refractivity contribution in [3.63, 3.8) is 0 Å². The average molecular weight is 402 g/mol. The lowest BCUT2D eigenvalue weighted by Crippen LogP contribution is -2.33. The van der Waals surface area contributed by atoms with E-state index in [1.54, 1.807) is 0 Å². The molecule has 2 heteroatoms. The maximum absolute atomic E-state index is 9.60. The number of hydrogen-bond acceptors (Lipinski definition) is 2. The van der Waals surface area contributed by atoms with Crippen molar-refractivity contribution in [2.45, 2.75) is 59.7 Å². The molecule has 1 aliphatic carbocycles. The molecule has 2 aromatic heterocycles. The molecule has 154 valence electrons. The highest BCUT2D eigenvalue weighted by Gasteiger charge is 2.39. The van der Waals surface area contributed by atoms with Gasteiger partial charge in [-0.3, -0.25) is 4.98 Å². The monoisotopic (exact) mass is 401 g/mol. The summed E-state index contributed by atoms with van der Waals surface area (Å²) in [5.41, 5.74) is 3.58. The minimum atomic E-state index is -2.34. The van der Waals surface area contributed by atoms with Crippen molar-refractivity contribution >= 4 is 21.9 Å². The number of nitrogens with zero attached hydrogens (tertiary/aromatic N) is 1. The second-order valence-corrected chi connectivity index (χ2v) is 10.4. The molecule has 2 nitrogen and oxygen atoms in total. The van der Waals surface area contributed by atoms with Gasteiger partial charge >= 0.3 is 0 Å². The molecular weight excluding hydrogens is 366 g/mol. The van der Waals surface area contributed by atoms with E-state index in [9.17, 15) is 1.37 Å². The van der Waals surface area contributed by atoms with Gasteiger partial charge < -0.3 is 4.42 Å². The quantitative estimate of drug-likeness (QED) is 0.338. The van der Waals surface area contributed by atoms with E-state index in [0.717, 1.165) is 33.9 Å². The zero-order valence-corrected chi connectivity index (χ0v) is 18.2. The lowest BCUT2D eigenvalue weighted by molar-refractivity contribution is 0.0967. The van der Waals surface area contributed by atoms with Crippen LogP contribution >= 0.6 is 0 Å². The van der Waals surface area contributed by atoms with Crippen LogP contribution in [0.15, 0.2) is 59.1 Å². The van der Waals surface area contributed by atoms with Crippen LogP contribution in [-0.2, 0) is 0 Å². The van der Waals surface area contributed by atoms with Gasteiger partial charge in [-0.1, -0.05) is 58.0 Å². The summed E-state index contributed by atoms with van der Waals surface area (Å²) in [6, 6.07) is 15.7. The molecule has 0 amide bonds. The zero-order chi connectivity index (χ0) is 24.5. The first-order valence-electron chi connectivity index (χ1n) is 12.7. The van der Waals surface area contributed by atoms with Crippen LogP contribution in [0.4, 0.5) is 0 Å². The van der Waals surface area contributed by atoms with Crippen LogP contribution < -0.4 is 0 Å². The van der Waals surface area contributed by atoms with Crippen molar-refractivity contribution in [1.82, 2.24) is 4.98 Å². The van der Waals surface area contributed by atoms with Gasteiger partial charge in [0.05, 0.1) is 5.69 Å². The number of furan rings is 1. The molecule has 0 bridgehead atoms. The van der Waals surface area contributed by atoms with E-state index in [1.807, 2.05) is 48.5 Å². The fraction of sp³-hybridized carbons (Fsp3) is 0.393. The number of hydrogen-bond donors (Lipinski definition) is 0. The van der Waals surface area contributed by atoms with Gasteiger partial charge in [0.15, 0.2) is 0 Å². The second-order valence-electron chi connectivity index (χ2n) is 10.4. The van der Waals surface area contributed by atoms with Crippen LogP contribution in [0.5, 0.6) is 0 Å². The Balaban J connectivity index is 1.74. The van der Waals surface area contributed by atoms with Gasteiger partial charge in [0, 0.05) is 28.0 Å². The SMILES string of the molecule is [2H]C([2H])([2H])c1cnc(-c2cccc3c2oc2ccccc23)cc1C1([2H])CC(C)(C)CC(C)(C)C1. The molecule has 1 fully saturated rings. The fourth-order valence-corrected chi connectivity index (χ4v) is 5.67. The predicted octanol–water partition coefficient (Wildman–Crippen LogP) is 8.28. The van der Waals surface area contributed by atoms with Gasteiger partial charge in [-0.05, 0) is 72.2 Å². The maximum Gasteiger partial charge on any atom is 0.144 e. The van der Waals surface area contributed by atoms with Crippen LogP contribution in [0, 0.1) is 17.7 Å². The third-order valence-electron chi connectivity index (χ3n) is 6.31. The third-order valence-corrected chi connectivity index (χ3v) is 6.31. The molecule has 2 aromatic carbocycles. The van der Waals surface area contributed by atoms with E-state index in [2.05, 4.69) is 32.7 Å². The van der Waals surface area contributed by atoms with Crippen molar-refractivity contribution in [2.24, 2.45) is 10.8 Å². The lowest BCUT2D eigenvalue weighted by atomic mass is 9.60. The summed E-state index contributed by atoms with van der Waals surface area (Å²) < 4.78 is 40.4. The van der Waals surface area contributed by atoms with Crippen LogP contribution in [0.3, 0.4) is 0 Å². The van der Waals surface area contributed by atoms with Crippen molar-refractivity contribution in [1.29, 1.82) is 0 Å². The molecule has 30 heavy (non-hydrogen) atoms. The summed E-state index contributed by atoms with van der Waals surface area (Å²) >= 11 is 0. The number of para-hydroxylation sites is 2. The average Bonchev–Trinajstić information content (AvgIpc) is 3.09. The van der Waals surface area contributed by atoms with Crippen molar-refractivity contribution < 1.29 is 9.90 Å². The highest BCUT2D eigenvalue weighted by molar-refractivity contribution is 6.09. The first-order valence-corrected chi connectivity index (χ1v) is 10.7. The van der Waals surface area contributed by atoms with Crippen molar-refractivity contribution in [3.8, 4) is 11.3 Å². The Kier molecular flexibility index (Phi) is 3.40. The molecule has 0 saturated heterocycles. The van der Waals surface area contributed by atoms with E-state index in [0.29, 0.717) is 24.1 Å². The molecule has 0 spiro atoms. The Hall–Kier alpha value is -2.61. The molecule has 0 atom stereocenters. The third kappa shape index (κ3) is 3.33. The number of pyridine rings is 1. The number of aromatic nitrogens is 1. The van der Waals surface area contributed by atoms with Crippen LogP contribution in [0.25, 0.3) is 33.2 Å². The summed E-state index contributed by atoms with van der Waals surface area (Å²) in [4.78, 5) is 4.59. The van der Waals surface area contributed by atoms with Crippen LogP contribution in [0.2, 0.25) is 0 Å². The molecule has 0 radical (unpaired) electrons. The highest BCUT2D eigenvalue weighted by atomic mass is 16.3. The molecule has 4 aromatic rings. The Morgan fingerprint density at radius 2 is 1.73 bits per heavy atom. The number of rotatable bonds is 2. The minimum Gasteiger partial charge on any atom is -0.455 e. The Bertz CT molecular complexity index is 1380. The second kappa shape index (κ2) is 6.70. The van der Waals surface area contributed by atoms with Crippen LogP contribution in [0.1, 0.15) is 69.5 Å². The van der Waals surface area contributed by atoms with Crippen molar-refractivity contribution in [3.05, 3.63) is 65.9 Å². The van der Waals surface area contributed by atoms with Gasteiger partial charge in [-0.25, -0.2) is 0 Å². The Morgan fingerprint density at radius 3 is 2.50 bits per heavy atom. The normalized spacial score (nSPS) is 22.3. The van der Waals surface area contributed by atoms with E-state index in [1.165, 1.54) is 6.20 Å². The van der Waals surface area contributed by atoms with E-state index in [-0.39, 0.29) is 16.4 Å². The largest absolute Gasteiger partial charge is 0.455 e. The highest BCUT2D eigenvalue weighted by Crippen LogP contribution is 2.52. The first kappa shape index (κ1) is 15.2. The Morgan fingerprint density at radius 1 is 1.00 bits per heavy atom. The minimum absolute atomic E-state index is 0.0717. The fourth-order valence-electron chi connectivity index (χ4n) is 5.67. The molecule has 1 saturated carbocycles. The van der Waals surface area contributed by atoms with Gasteiger partial charge in [0.2, 0.25) is 0 Å². The van der Waals surface area contributed by atoms with Gasteiger partial charge in [0.1, 0.15) is 11.2 Å². The standard InChI is InChI=1S/C28H31NO/c1-18-16-29-24(13-23(18)19-14-27(2,3)17-28(4,5)15-19)22-11-8-10-21-20-9-6-7-12-25(20)30-26(21)22/h6-13,16,19H,14-15,17H2,1-5H3/i1D3,19D. The summed E-state index contributed by atoms with van der Waals surface area (Å²) in [5, 5.41) is 2.03. The molecule has 5 rings (SSSR count). The van der Waals surface area contributed by atoms with Gasteiger partial charge in [-0.2, -0.15) is 0 Å². The molecule has 0 unspecified atom stereocenters. The number of fused-ring (bicyclic) bond motifs is 3. The maximum atomic E-state index is 9.60.